The first kappa shape index (κ1) is 18.5. The van der Waals surface area contributed by atoms with Crippen LogP contribution in [0.3, 0.4) is 0 Å². The molecule has 29 heavy (non-hydrogen) atoms. The number of fused-ring (bicyclic) bond motifs is 1. The second-order valence-corrected chi connectivity index (χ2v) is 8.54. The molecule has 4 aliphatic heterocycles. The topological polar surface area (TPSA) is 65.5 Å². The lowest BCUT2D eigenvalue weighted by molar-refractivity contribution is -0.136. The van der Waals surface area contributed by atoms with E-state index in [0.29, 0.717) is 32.0 Å². The van der Waals surface area contributed by atoms with Crippen molar-refractivity contribution in [3.63, 3.8) is 0 Å². The van der Waals surface area contributed by atoms with Crippen LogP contribution in [0.1, 0.15) is 50.5 Å². The van der Waals surface area contributed by atoms with Crippen molar-refractivity contribution in [2.45, 2.75) is 63.6 Å². The summed E-state index contributed by atoms with van der Waals surface area (Å²) in [6.45, 7) is 1.98. The van der Waals surface area contributed by atoms with Crippen molar-refractivity contribution in [2.75, 3.05) is 20.2 Å². The first-order chi connectivity index (χ1) is 14.1. The lowest BCUT2D eigenvalue weighted by atomic mass is 9.94. The number of ether oxygens (including phenoxy) is 1. The van der Waals surface area contributed by atoms with Crippen LogP contribution in [0.15, 0.2) is 23.2 Å². The molecule has 5 aliphatic rings. The summed E-state index contributed by atoms with van der Waals surface area (Å²) in [5, 5.41) is 0. The second-order valence-electron chi connectivity index (χ2n) is 8.54. The molecule has 7 nitrogen and oxygen atoms in total. The van der Waals surface area contributed by atoms with Crippen molar-refractivity contribution in [2.24, 2.45) is 4.99 Å². The Kier molecular flexibility index (Phi) is 4.68. The van der Waals surface area contributed by atoms with Gasteiger partial charge in [0, 0.05) is 31.6 Å². The van der Waals surface area contributed by atoms with Crippen LogP contribution >= 0.6 is 0 Å². The Morgan fingerprint density at radius 3 is 2.90 bits per heavy atom. The Hall–Kier alpha value is -2.57. The van der Waals surface area contributed by atoms with E-state index in [9.17, 15) is 9.59 Å². The minimum Gasteiger partial charge on any atom is -0.494 e. The summed E-state index contributed by atoms with van der Waals surface area (Å²) in [5.41, 5.74) is 1.99. The Morgan fingerprint density at radius 2 is 2.10 bits per heavy atom. The molecule has 0 N–H and O–H groups in total. The van der Waals surface area contributed by atoms with Gasteiger partial charge in [-0.15, -0.1) is 0 Å². The van der Waals surface area contributed by atoms with Crippen LogP contribution < -0.4 is 4.74 Å². The molecule has 1 aliphatic carbocycles. The fraction of sp³-hybridized carbons (Fsp3) is 0.591. The molecular weight excluding hydrogens is 368 g/mol. The summed E-state index contributed by atoms with van der Waals surface area (Å²) in [5.74, 6) is 1.98. The van der Waals surface area contributed by atoms with Gasteiger partial charge in [-0.05, 0) is 37.5 Å². The Bertz CT molecular complexity index is 862. The van der Waals surface area contributed by atoms with E-state index >= 15 is 0 Å². The van der Waals surface area contributed by atoms with Gasteiger partial charge in [-0.1, -0.05) is 19.3 Å². The van der Waals surface area contributed by atoms with Gasteiger partial charge in [0.1, 0.15) is 11.8 Å². The maximum Gasteiger partial charge on any atom is 0.254 e. The minimum atomic E-state index is -0.0290. The van der Waals surface area contributed by atoms with Crippen LogP contribution in [0, 0.1) is 0 Å². The van der Waals surface area contributed by atoms with Gasteiger partial charge >= 0.3 is 0 Å². The molecule has 154 valence electrons. The van der Waals surface area contributed by atoms with Crippen molar-refractivity contribution in [3.8, 4) is 5.75 Å². The molecule has 0 aromatic heterocycles. The molecule has 4 fully saturated rings. The molecule has 4 heterocycles. The number of benzene rings is 1. The quantitative estimate of drug-likeness (QED) is 0.548. The summed E-state index contributed by atoms with van der Waals surface area (Å²) in [6, 6.07) is 6.28. The van der Waals surface area contributed by atoms with Crippen LogP contribution in [0.4, 0.5) is 5.69 Å². The van der Waals surface area contributed by atoms with Crippen molar-refractivity contribution in [1.29, 1.82) is 0 Å². The summed E-state index contributed by atoms with van der Waals surface area (Å²) < 4.78 is 5.90. The van der Waals surface area contributed by atoms with Gasteiger partial charge in [-0.2, -0.15) is 0 Å². The third-order valence-corrected chi connectivity index (χ3v) is 6.71. The van der Waals surface area contributed by atoms with Crippen LogP contribution in [0.2, 0.25) is 0 Å². The number of carbonyl (C=O) groups excluding carboxylic acids is 2. The third kappa shape index (κ3) is 3.26. The number of guanidine groups is 1. The van der Waals surface area contributed by atoms with Gasteiger partial charge in [0.05, 0.1) is 18.8 Å². The SMILES string of the molecule is CN(C(=O)CCCOc1ccc2c(c1)CN1C(=N2)N2CC1C2=O)C1CCCCC1. The molecule has 2 bridgehead atoms. The molecule has 1 atom stereocenters. The second kappa shape index (κ2) is 7.35. The molecule has 1 unspecified atom stereocenters. The van der Waals surface area contributed by atoms with Gasteiger partial charge in [0.15, 0.2) is 0 Å². The molecule has 0 spiro atoms. The summed E-state index contributed by atoms with van der Waals surface area (Å²) >= 11 is 0. The average Bonchev–Trinajstić information content (AvgIpc) is 3.25. The molecule has 1 saturated carbocycles. The summed E-state index contributed by atoms with van der Waals surface area (Å²) in [4.78, 5) is 34.8. The highest BCUT2D eigenvalue weighted by Crippen LogP contribution is 2.38. The standard InChI is InChI=1S/C22H28N4O3/c1-24(16-6-3-2-4-7-16)20(27)8-5-11-29-17-9-10-18-15(12-17)13-25-19-14-26(21(19)28)22(25)23-18/h9-10,12,16,19H,2-8,11,13-14H2,1H3. The van der Waals surface area contributed by atoms with E-state index in [0.717, 1.165) is 42.3 Å². The number of hydrogen-bond acceptors (Lipinski definition) is 5. The lowest BCUT2D eigenvalue weighted by Gasteiger charge is -2.31. The fourth-order valence-electron chi connectivity index (χ4n) is 4.86. The van der Waals surface area contributed by atoms with E-state index in [1.807, 2.05) is 30.1 Å². The maximum atomic E-state index is 12.4. The highest BCUT2D eigenvalue weighted by atomic mass is 16.5. The van der Waals surface area contributed by atoms with E-state index in [4.69, 9.17) is 4.74 Å². The third-order valence-electron chi connectivity index (χ3n) is 6.71. The van der Waals surface area contributed by atoms with Crippen LogP contribution in [-0.2, 0) is 16.1 Å². The zero-order valence-electron chi connectivity index (χ0n) is 17.0. The summed E-state index contributed by atoms with van der Waals surface area (Å²) in [7, 11) is 1.95. The molecule has 7 heteroatoms. The van der Waals surface area contributed by atoms with Crippen LogP contribution in [0.25, 0.3) is 0 Å². The molecule has 2 amide bonds. The number of hydrogen-bond donors (Lipinski definition) is 0. The molecule has 6 rings (SSSR count). The van der Waals surface area contributed by atoms with E-state index < -0.39 is 0 Å². The van der Waals surface area contributed by atoms with E-state index in [-0.39, 0.29) is 17.9 Å². The van der Waals surface area contributed by atoms with Gasteiger partial charge in [0.25, 0.3) is 5.91 Å². The molecule has 1 aromatic rings. The Morgan fingerprint density at radius 1 is 1.28 bits per heavy atom. The largest absolute Gasteiger partial charge is 0.494 e. The normalized spacial score (nSPS) is 22.6. The van der Waals surface area contributed by atoms with E-state index in [1.54, 1.807) is 4.90 Å². The maximum absolute atomic E-state index is 12.4. The van der Waals surface area contributed by atoms with Crippen molar-refractivity contribution in [3.05, 3.63) is 23.8 Å². The number of amides is 2. The zero-order chi connectivity index (χ0) is 20.0. The van der Waals surface area contributed by atoms with Crippen molar-refractivity contribution < 1.29 is 14.3 Å². The smallest absolute Gasteiger partial charge is 0.254 e. The van der Waals surface area contributed by atoms with Crippen LogP contribution in [-0.4, -0.2) is 64.8 Å². The first-order valence-corrected chi connectivity index (χ1v) is 10.8. The Balaban J connectivity index is 1.12. The first-order valence-electron chi connectivity index (χ1n) is 10.8. The number of β-lactam (4-membered cyclic amide) rings is 1. The predicted molar refractivity (Wildman–Crippen MR) is 109 cm³/mol. The fourth-order valence-corrected chi connectivity index (χ4v) is 4.86. The minimum absolute atomic E-state index is 0.0290. The zero-order valence-corrected chi connectivity index (χ0v) is 17.0. The molecule has 1 aromatic carbocycles. The van der Waals surface area contributed by atoms with Crippen molar-refractivity contribution >= 4 is 23.5 Å². The monoisotopic (exact) mass is 396 g/mol. The highest BCUT2D eigenvalue weighted by Gasteiger charge is 2.54. The number of aliphatic imine (C=N–C) groups is 1. The van der Waals surface area contributed by atoms with Gasteiger partial charge < -0.3 is 14.5 Å². The predicted octanol–water partition coefficient (Wildman–Crippen LogP) is 2.66. The Labute approximate surface area is 171 Å². The summed E-state index contributed by atoms with van der Waals surface area (Å²) in [6.07, 6.45) is 7.29. The lowest BCUT2D eigenvalue weighted by Crippen LogP contribution is -2.49. The van der Waals surface area contributed by atoms with E-state index in [2.05, 4.69) is 9.89 Å². The van der Waals surface area contributed by atoms with Gasteiger partial charge in [-0.3, -0.25) is 14.5 Å². The number of carbonyl (C=O) groups is 2. The van der Waals surface area contributed by atoms with Crippen LogP contribution in [0.5, 0.6) is 5.75 Å². The number of rotatable bonds is 6. The highest BCUT2D eigenvalue weighted by molar-refractivity contribution is 6.12. The average molecular weight is 396 g/mol. The van der Waals surface area contributed by atoms with Crippen molar-refractivity contribution in [1.82, 2.24) is 14.7 Å². The van der Waals surface area contributed by atoms with Gasteiger partial charge in [0.2, 0.25) is 11.9 Å². The van der Waals surface area contributed by atoms with E-state index in [1.165, 1.54) is 19.3 Å². The molecule has 3 saturated heterocycles. The number of nitrogens with zero attached hydrogens (tertiary/aromatic N) is 4. The van der Waals surface area contributed by atoms with Gasteiger partial charge in [-0.25, -0.2) is 4.99 Å². The molecule has 0 radical (unpaired) electrons. The molecular formula is C22H28N4O3.